The van der Waals surface area contributed by atoms with Crippen LogP contribution in [0.5, 0.6) is 5.75 Å². The second kappa shape index (κ2) is 6.22. The summed E-state index contributed by atoms with van der Waals surface area (Å²) >= 11 is 0. The third-order valence-electron chi connectivity index (χ3n) is 9.59. The number of piperidine rings is 1. The molecule has 3 atom stereocenters. The van der Waals surface area contributed by atoms with Crippen molar-refractivity contribution in [3.05, 3.63) is 29.8 Å². The van der Waals surface area contributed by atoms with Crippen LogP contribution in [0.1, 0.15) is 57.4 Å². The molecule has 28 heavy (non-hydrogen) atoms. The van der Waals surface area contributed by atoms with Crippen LogP contribution in [-0.4, -0.2) is 42.4 Å². The molecule has 4 aliphatic carbocycles. The van der Waals surface area contributed by atoms with E-state index in [1.165, 1.54) is 44.9 Å². The number of ether oxygens (including phenoxy) is 1. The highest BCUT2D eigenvalue weighted by Crippen LogP contribution is 2.84. The van der Waals surface area contributed by atoms with Crippen molar-refractivity contribution in [1.29, 1.82) is 0 Å². The Morgan fingerprint density at radius 3 is 2.36 bits per heavy atom. The minimum absolute atomic E-state index is 0.394. The second-order valence-corrected chi connectivity index (χ2v) is 11.0. The molecule has 1 aromatic carbocycles. The standard InChI is InChI=1S/C25H35NO2/c1-17-6-8-26(9-7-17)14-22(27)15-28-23-4-2-18(3-5-23)24-12-20-10-19-11-21(13-24)25(19,20)16-24/h2-5,17,19-22,27H,6-16H2,1H3. The fourth-order valence-electron chi connectivity index (χ4n) is 8.11. The average molecular weight is 382 g/mol. The van der Waals surface area contributed by atoms with E-state index in [1.54, 1.807) is 5.56 Å². The summed E-state index contributed by atoms with van der Waals surface area (Å²) in [5, 5.41) is 10.4. The van der Waals surface area contributed by atoms with Gasteiger partial charge in [0.25, 0.3) is 0 Å². The van der Waals surface area contributed by atoms with Gasteiger partial charge in [0.2, 0.25) is 0 Å². The molecule has 152 valence electrons. The van der Waals surface area contributed by atoms with Gasteiger partial charge in [-0.3, -0.25) is 0 Å². The molecule has 0 radical (unpaired) electrons. The van der Waals surface area contributed by atoms with Crippen LogP contribution in [0.15, 0.2) is 24.3 Å². The van der Waals surface area contributed by atoms with Crippen LogP contribution in [-0.2, 0) is 5.41 Å². The highest BCUT2D eigenvalue weighted by Gasteiger charge is 2.77. The first-order chi connectivity index (χ1) is 13.6. The maximum absolute atomic E-state index is 10.4. The summed E-state index contributed by atoms with van der Waals surface area (Å²) in [7, 11) is 0. The maximum atomic E-state index is 10.4. The number of hydrogen-bond donors (Lipinski definition) is 1. The van der Waals surface area contributed by atoms with Crippen LogP contribution in [0, 0.1) is 29.1 Å². The number of β-amino-alcohol motifs (C(OH)–C–C–N with tert-alkyl or cyclic N) is 1. The van der Waals surface area contributed by atoms with Gasteiger partial charge in [0.05, 0.1) is 0 Å². The largest absolute Gasteiger partial charge is 0.491 e. The molecule has 4 saturated carbocycles. The maximum Gasteiger partial charge on any atom is 0.119 e. The zero-order valence-electron chi connectivity index (χ0n) is 17.3. The molecule has 3 nitrogen and oxygen atoms in total. The Balaban J connectivity index is 1.05. The minimum Gasteiger partial charge on any atom is -0.491 e. The van der Waals surface area contributed by atoms with E-state index in [1.807, 2.05) is 0 Å². The van der Waals surface area contributed by atoms with E-state index in [0.717, 1.165) is 54.5 Å². The van der Waals surface area contributed by atoms with Crippen molar-refractivity contribution in [2.24, 2.45) is 29.1 Å². The molecule has 0 aromatic heterocycles. The van der Waals surface area contributed by atoms with E-state index in [-0.39, 0.29) is 0 Å². The molecule has 3 unspecified atom stereocenters. The van der Waals surface area contributed by atoms with Gasteiger partial charge in [0, 0.05) is 6.54 Å². The number of nitrogens with zero attached hydrogens (tertiary/aromatic N) is 1. The Kier molecular flexibility index (Phi) is 3.95. The summed E-state index contributed by atoms with van der Waals surface area (Å²) in [4.78, 5) is 2.38. The van der Waals surface area contributed by atoms with E-state index >= 15 is 0 Å². The van der Waals surface area contributed by atoms with E-state index in [0.29, 0.717) is 12.0 Å². The molecular formula is C25H35NO2. The number of aliphatic hydroxyl groups excluding tert-OH is 1. The van der Waals surface area contributed by atoms with Gasteiger partial charge < -0.3 is 14.7 Å². The Morgan fingerprint density at radius 2 is 1.75 bits per heavy atom. The Hall–Kier alpha value is -1.06. The lowest BCUT2D eigenvalue weighted by atomic mass is 9.38. The molecule has 1 spiro atoms. The molecule has 0 amide bonds. The quantitative estimate of drug-likeness (QED) is 0.800. The zero-order chi connectivity index (χ0) is 18.9. The number of aliphatic hydroxyl groups is 1. The SMILES string of the molecule is CC1CCN(CC(O)COc2ccc(C34CC5CC6CC(C3)C65C4)cc2)CC1. The van der Waals surface area contributed by atoms with Gasteiger partial charge in [-0.15, -0.1) is 0 Å². The molecule has 5 fully saturated rings. The van der Waals surface area contributed by atoms with Crippen LogP contribution in [0.2, 0.25) is 0 Å². The van der Waals surface area contributed by atoms with Crippen molar-refractivity contribution in [2.45, 2.75) is 63.4 Å². The van der Waals surface area contributed by atoms with Crippen molar-refractivity contribution in [3.8, 4) is 5.75 Å². The molecule has 1 heterocycles. The van der Waals surface area contributed by atoms with Crippen molar-refractivity contribution < 1.29 is 9.84 Å². The molecule has 1 aromatic rings. The Labute approximate surface area is 169 Å². The fraction of sp³-hybridized carbons (Fsp3) is 0.760. The predicted molar refractivity (Wildman–Crippen MR) is 110 cm³/mol. The molecule has 3 heteroatoms. The van der Waals surface area contributed by atoms with E-state index in [4.69, 9.17) is 4.74 Å². The predicted octanol–water partition coefficient (Wildman–Crippen LogP) is 4.24. The topological polar surface area (TPSA) is 32.7 Å². The number of fused-ring (bicyclic) bond motifs is 1. The van der Waals surface area contributed by atoms with E-state index in [2.05, 4.69) is 36.1 Å². The summed E-state index contributed by atoms with van der Waals surface area (Å²) in [5.74, 6) is 4.89. The number of rotatable bonds is 6. The van der Waals surface area contributed by atoms with Crippen LogP contribution in [0.25, 0.3) is 0 Å². The third kappa shape index (κ3) is 2.48. The van der Waals surface area contributed by atoms with Crippen molar-refractivity contribution in [3.63, 3.8) is 0 Å². The fourth-order valence-corrected chi connectivity index (χ4v) is 8.11. The Bertz CT molecular complexity index is 719. The molecule has 1 saturated heterocycles. The number of benzene rings is 1. The first kappa shape index (κ1) is 17.8. The second-order valence-electron chi connectivity index (χ2n) is 11.0. The molecule has 2 bridgehead atoms. The van der Waals surface area contributed by atoms with Gasteiger partial charge in [0.1, 0.15) is 18.5 Å². The first-order valence-electron chi connectivity index (χ1n) is 11.7. The van der Waals surface area contributed by atoms with E-state index in [9.17, 15) is 5.11 Å². The number of hydrogen-bond acceptors (Lipinski definition) is 3. The van der Waals surface area contributed by atoms with Crippen LogP contribution < -0.4 is 4.74 Å². The summed E-state index contributed by atoms with van der Waals surface area (Å²) in [5.41, 5.74) is 2.81. The van der Waals surface area contributed by atoms with Gasteiger partial charge in [-0.1, -0.05) is 19.1 Å². The summed E-state index contributed by atoms with van der Waals surface area (Å²) < 4.78 is 5.93. The summed E-state index contributed by atoms with van der Waals surface area (Å²) in [6.45, 7) is 5.68. The third-order valence-corrected chi connectivity index (χ3v) is 9.59. The summed E-state index contributed by atoms with van der Waals surface area (Å²) in [6, 6.07) is 8.95. The summed E-state index contributed by atoms with van der Waals surface area (Å²) in [6.07, 6.45) is 9.48. The number of likely N-dealkylation sites (tertiary alicyclic amines) is 1. The average Bonchev–Trinajstić information content (AvgIpc) is 3.17. The van der Waals surface area contributed by atoms with Gasteiger partial charge in [0.15, 0.2) is 0 Å². The smallest absolute Gasteiger partial charge is 0.119 e. The highest BCUT2D eigenvalue weighted by atomic mass is 16.5. The first-order valence-corrected chi connectivity index (χ1v) is 11.7. The molecule has 6 rings (SSSR count). The van der Waals surface area contributed by atoms with Gasteiger partial charge >= 0.3 is 0 Å². The highest BCUT2D eigenvalue weighted by molar-refractivity contribution is 5.40. The molecular weight excluding hydrogens is 346 g/mol. The van der Waals surface area contributed by atoms with Crippen LogP contribution in [0.4, 0.5) is 0 Å². The lowest BCUT2D eigenvalue weighted by Gasteiger charge is -2.66. The van der Waals surface area contributed by atoms with E-state index < -0.39 is 6.10 Å². The van der Waals surface area contributed by atoms with Crippen molar-refractivity contribution in [2.75, 3.05) is 26.2 Å². The minimum atomic E-state index is -0.404. The zero-order valence-corrected chi connectivity index (χ0v) is 17.3. The Morgan fingerprint density at radius 1 is 1.07 bits per heavy atom. The molecule has 1 N–H and O–H groups in total. The van der Waals surface area contributed by atoms with Crippen LogP contribution >= 0.6 is 0 Å². The lowest BCUT2D eigenvalue weighted by molar-refractivity contribution is -0.175. The normalized spacial score (nSPS) is 42.6. The van der Waals surface area contributed by atoms with Gasteiger partial charge in [-0.05, 0) is 110 Å². The van der Waals surface area contributed by atoms with Crippen LogP contribution in [0.3, 0.4) is 0 Å². The van der Waals surface area contributed by atoms with Gasteiger partial charge in [-0.25, -0.2) is 0 Å². The monoisotopic (exact) mass is 381 g/mol. The molecule has 5 aliphatic rings. The molecule has 1 aliphatic heterocycles. The van der Waals surface area contributed by atoms with Crippen molar-refractivity contribution >= 4 is 0 Å². The lowest BCUT2D eigenvalue weighted by Crippen LogP contribution is -2.59. The van der Waals surface area contributed by atoms with Gasteiger partial charge in [-0.2, -0.15) is 0 Å². The van der Waals surface area contributed by atoms with Crippen molar-refractivity contribution in [1.82, 2.24) is 4.90 Å².